The number of fused-ring (bicyclic) bond motifs is 1. The summed E-state index contributed by atoms with van der Waals surface area (Å²) in [4.78, 5) is 24.3. The molecular formula is C24H29N5O3. The summed E-state index contributed by atoms with van der Waals surface area (Å²) in [5, 5.41) is 9.20. The maximum Gasteiger partial charge on any atom is 0.138 e. The van der Waals surface area contributed by atoms with Crippen molar-refractivity contribution in [1.82, 2.24) is 14.9 Å². The Morgan fingerprint density at radius 1 is 1.25 bits per heavy atom. The number of ether oxygens (including phenoxy) is 2. The number of likely N-dealkylation sites (N-methyl/N-ethyl adjacent to an activating group) is 1. The highest BCUT2D eigenvalue weighted by Gasteiger charge is 2.42. The van der Waals surface area contributed by atoms with Crippen molar-refractivity contribution in [2.45, 2.75) is 24.8 Å². The highest BCUT2D eigenvalue weighted by Crippen LogP contribution is 2.38. The van der Waals surface area contributed by atoms with Crippen LogP contribution in [0.5, 0.6) is 11.5 Å². The van der Waals surface area contributed by atoms with Gasteiger partial charge in [-0.1, -0.05) is 12.1 Å². The molecule has 1 aliphatic heterocycles. The van der Waals surface area contributed by atoms with Crippen molar-refractivity contribution in [3.8, 4) is 11.5 Å². The normalized spacial score (nSPS) is 19.6. The van der Waals surface area contributed by atoms with Crippen LogP contribution in [0.1, 0.15) is 25.1 Å². The molecule has 1 saturated heterocycles. The summed E-state index contributed by atoms with van der Waals surface area (Å²) in [5.41, 5.74) is 1.95. The predicted octanol–water partition coefficient (Wildman–Crippen LogP) is 3.44. The molecule has 1 fully saturated rings. The number of para-hydroxylation sites is 2. The van der Waals surface area contributed by atoms with Crippen LogP contribution in [0.2, 0.25) is 0 Å². The molecule has 0 spiro atoms. The fourth-order valence-electron chi connectivity index (χ4n) is 4.53. The number of aromatic amines is 1. The summed E-state index contributed by atoms with van der Waals surface area (Å²) in [7, 11) is 5.26. The number of anilines is 1. The number of carbonyl (C=O) groups excluding carboxylic acids is 1. The van der Waals surface area contributed by atoms with Gasteiger partial charge in [-0.3, -0.25) is 5.41 Å². The van der Waals surface area contributed by atoms with E-state index in [0.29, 0.717) is 17.3 Å². The molecule has 0 saturated carbocycles. The van der Waals surface area contributed by atoms with Crippen LogP contribution in [0.3, 0.4) is 0 Å². The first-order valence-corrected chi connectivity index (χ1v) is 10.6. The zero-order valence-corrected chi connectivity index (χ0v) is 18.9. The van der Waals surface area contributed by atoms with Crippen LogP contribution in [-0.2, 0) is 4.79 Å². The van der Waals surface area contributed by atoms with Gasteiger partial charge >= 0.3 is 0 Å². The quantitative estimate of drug-likeness (QED) is 0.335. The number of benzene rings is 2. The van der Waals surface area contributed by atoms with E-state index in [9.17, 15) is 10.2 Å². The molecular weight excluding hydrogens is 406 g/mol. The van der Waals surface area contributed by atoms with Gasteiger partial charge in [-0.05, 0) is 32.5 Å². The van der Waals surface area contributed by atoms with Gasteiger partial charge in [0.05, 0.1) is 36.5 Å². The van der Waals surface area contributed by atoms with Crippen molar-refractivity contribution in [2.75, 3.05) is 39.3 Å². The molecule has 2 atom stereocenters. The Bertz CT molecular complexity index is 1090. The predicted molar refractivity (Wildman–Crippen MR) is 125 cm³/mol. The minimum Gasteiger partial charge on any atom is -0.497 e. The van der Waals surface area contributed by atoms with Crippen molar-refractivity contribution in [2.24, 2.45) is 0 Å². The third kappa shape index (κ3) is 3.93. The summed E-state index contributed by atoms with van der Waals surface area (Å²) >= 11 is 0. The molecule has 1 aromatic heterocycles. The van der Waals surface area contributed by atoms with E-state index in [-0.39, 0.29) is 5.84 Å². The lowest BCUT2D eigenvalue weighted by atomic mass is 9.94. The van der Waals surface area contributed by atoms with Crippen molar-refractivity contribution in [3.05, 3.63) is 48.3 Å². The number of H-pyrrole nitrogens is 1. The minimum atomic E-state index is -0.845. The molecule has 8 nitrogen and oxygen atoms in total. The topological polar surface area (TPSA) is 94.5 Å². The van der Waals surface area contributed by atoms with Crippen molar-refractivity contribution in [3.63, 3.8) is 0 Å². The van der Waals surface area contributed by atoms with Gasteiger partial charge in [0.2, 0.25) is 0 Å². The number of aldehydes is 1. The number of likely N-dealkylation sites (tertiary alicyclic amines) is 1. The second-order valence-corrected chi connectivity index (χ2v) is 8.53. The number of carbonyl (C=O) groups is 1. The molecule has 2 heterocycles. The average molecular weight is 436 g/mol. The Balaban J connectivity index is 1.82. The van der Waals surface area contributed by atoms with Crippen LogP contribution in [0, 0.1) is 5.41 Å². The summed E-state index contributed by atoms with van der Waals surface area (Å²) < 4.78 is 11.0. The number of rotatable bonds is 7. The van der Waals surface area contributed by atoms with E-state index in [1.807, 2.05) is 41.3 Å². The summed E-state index contributed by atoms with van der Waals surface area (Å²) in [6.45, 7) is 3.77. The summed E-state index contributed by atoms with van der Waals surface area (Å²) in [6, 6.07) is 13.2. The maximum atomic E-state index is 12.3. The number of methoxy groups -OCH3 is 2. The van der Waals surface area contributed by atoms with Crippen LogP contribution in [0.25, 0.3) is 11.0 Å². The number of amidine groups is 1. The fourth-order valence-corrected chi connectivity index (χ4v) is 4.53. The molecule has 2 unspecified atom stereocenters. The van der Waals surface area contributed by atoms with Gasteiger partial charge in [0.15, 0.2) is 0 Å². The molecule has 168 valence electrons. The molecule has 0 amide bonds. The van der Waals surface area contributed by atoms with E-state index in [0.717, 1.165) is 42.5 Å². The van der Waals surface area contributed by atoms with Gasteiger partial charge in [0, 0.05) is 31.3 Å². The van der Waals surface area contributed by atoms with Crippen molar-refractivity contribution >= 4 is 28.8 Å². The Morgan fingerprint density at radius 3 is 2.50 bits per heavy atom. The fraction of sp³-hybridized carbons (Fsp3) is 0.375. The largest absolute Gasteiger partial charge is 0.497 e. The molecule has 3 aromatic rings. The number of imidazole rings is 1. The summed E-state index contributed by atoms with van der Waals surface area (Å²) in [5.74, 6) is 1.02. The van der Waals surface area contributed by atoms with Gasteiger partial charge in [-0.15, -0.1) is 0 Å². The molecule has 1 aliphatic rings. The summed E-state index contributed by atoms with van der Waals surface area (Å²) in [6.07, 6.45) is 1.63. The van der Waals surface area contributed by atoms with E-state index in [1.54, 1.807) is 20.3 Å². The van der Waals surface area contributed by atoms with Crippen LogP contribution in [0.15, 0.2) is 42.5 Å². The molecule has 2 N–H and O–H groups in total. The van der Waals surface area contributed by atoms with Crippen LogP contribution in [0.4, 0.5) is 5.69 Å². The molecule has 32 heavy (non-hydrogen) atoms. The lowest BCUT2D eigenvalue weighted by molar-refractivity contribution is -0.108. The Hall–Kier alpha value is -3.39. The maximum absolute atomic E-state index is 12.3. The van der Waals surface area contributed by atoms with Crippen LogP contribution in [-0.4, -0.2) is 66.9 Å². The number of nitrogens with zero attached hydrogens (tertiary/aromatic N) is 3. The average Bonchev–Trinajstić information content (AvgIpc) is 3.36. The third-order valence-corrected chi connectivity index (χ3v) is 6.15. The second-order valence-electron chi connectivity index (χ2n) is 8.53. The lowest BCUT2D eigenvalue weighted by Gasteiger charge is -2.41. The number of aromatic nitrogens is 2. The van der Waals surface area contributed by atoms with Crippen LogP contribution < -0.4 is 14.4 Å². The SMILES string of the molecule is COc1cc(OC)cc(N(C(=N)C(C=O)c2nc3ccccc3[nH]2)C2(C)CCN(C)C2)c1. The Kier molecular flexibility index (Phi) is 5.88. The lowest BCUT2D eigenvalue weighted by Crippen LogP contribution is -2.53. The number of hydrogen-bond acceptors (Lipinski definition) is 6. The van der Waals surface area contributed by atoms with E-state index in [2.05, 4.69) is 28.8 Å². The van der Waals surface area contributed by atoms with Crippen molar-refractivity contribution < 1.29 is 14.3 Å². The third-order valence-electron chi connectivity index (χ3n) is 6.15. The molecule has 8 heteroatoms. The highest BCUT2D eigenvalue weighted by atomic mass is 16.5. The van der Waals surface area contributed by atoms with Gasteiger partial charge in [0.1, 0.15) is 35.4 Å². The molecule has 2 aromatic carbocycles. The molecule has 0 bridgehead atoms. The first-order chi connectivity index (χ1) is 15.4. The zero-order chi connectivity index (χ0) is 22.9. The van der Waals surface area contributed by atoms with E-state index >= 15 is 0 Å². The minimum absolute atomic E-state index is 0.159. The molecule has 0 aliphatic carbocycles. The zero-order valence-electron chi connectivity index (χ0n) is 18.9. The standard InChI is InChI=1S/C24H29N5O3/c1-24(9-10-28(2)15-24)29(16-11-17(31-3)13-18(12-16)32-4)22(25)19(14-30)23-26-20-7-5-6-8-21(20)27-23/h5-8,11-14,19,25H,9-10,15H2,1-4H3,(H,26,27). The smallest absolute Gasteiger partial charge is 0.138 e. The first kappa shape index (κ1) is 21.8. The van der Waals surface area contributed by atoms with Crippen molar-refractivity contribution in [1.29, 1.82) is 5.41 Å². The van der Waals surface area contributed by atoms with E-state index in [1.165, 1.54) is 0 Å². The molecule has 0 radical (unpaired) electrons. The Labute approximate surface area is 187 Å². The van der Waals surface area contributed by atoms with Gasteiger partial charge in [-0.25, -0.2) is 4.98 Å². The number of nitrogens with one attached hydrogen (secondary N) is 2. The van der Waals surface area contributed by atoms with E-state index < -0.39 is 11.5 Å². The van der Waals surface area contributed by atoms with Gasteiger partial charge in [0.25, 0.3) is 0 Å². The van der Waals surface area contributed by atoms with E-state index in [4.69, 9.17) is 9.47 Å². The monoisotopic (exact) mass is 435 g/mol. The van der Waals surface area contributed by atoms with Gasteiger partial charge in [-0.2, -0.15) is 0 Å². The second kappa shape index (κ2) is 8.63. The van der Waals surface area contributed by atoms with Gasteiger partial charge < -0.3 is 29.1 Å². The highest BCUT2D eigenvalue weighted by molar-refractivity contribution is 6.09. The molecule has 4 rings (SSSR count). The first-order valence-electron chi connectivity index (χ1n) is 10.6. The Morgan fingerprint density at radius 2 is 1.94 bits per heavy atom. The van der Waals surface area contributed by atoms with Crippen LogP contribution >= 0.6 is 0 Å². The number of hydrogen-bond donors (Lipinski definition) is 2.